The molecule has 2 rings (SSSR count). The van der Waals surface area contributed by atoms with Gasteiger partial charge in [0, 0.05) is 12.7 Å². The fourth-order valence-corrected chi connectivity index (χ4v) is 2.68. The first-order valence-electron chi connectivity index (χ1n) is 4.53. The molecule has 70 valence electrons. The van der Waals surface area contributed by atoms with Crippen LogP contribution in [0, 0.1) is 0 Å². The molecule has 1 unspecified atom stereocenters. The third-order valence-electron chi connectivity index (χ3n) is 2.16. The highest BCUT2D eigenvalue weighted by Gasteiger charge is 2.19. The van der Waals surface area contributed by atoms with E-state index in [-0.39, 0.29) is 0 Å². The Labute approximate surface area is 82.2 Å². The van der Waals surface area contributed by atoms with Crippen LogP contribution in [0.5, 0.6) is 0 Å². The molecule has 0 radical (unpaired) electrons. The summed E-state index contributed by atoms with van der Waals surface area (Å²) in [5.41, 5.74) is 6.46. The van der Waals surface area contributed by atoms with E-state index in [0.29, 0.717) is 11.8 Å². The van der Waals surface area contributed by atoms with Crippen LogP contribution in [-0.4, -0.2) is 15.7 Å². The van der Waals surface area contributed by atoms with Gasteiger partial charge in [-0.25, -0.2) is 9.97 Å². The smallest absolute Gasteiger partial charge is 0.141 e. The summed E-state index contributed by atoms with van der Waals surface area (Å²) in [4.78, 5) is 8.70. The second-order valence-electron chi connectivity index (χ2n) is 3.11. The molecule has 0 saturated carbocycles. The summed E-state index contributed by atoms with van der Waals surface area (Å²) in [7, 11) is 0. The largest absolute Gasteiger partial charge is 0.325 e. The Morgan fingerprint density at radius 3 is 3.23 bits per heavy atom. The quantitative estimate of drug-likeness (QED) is 0.777. The summed E-state index contributed by atoms with van der Waals surface area (Å²) >= 11 is 1.95. The summed E-state index contributed by atoms with van der Waals surface area (Å²) in [6.45, 7) is 0.507. The lowest BCUT2D eigenvalue weighted by atomic mass is 10.2. The second kappa shape index (κ2) is 4.07. The Hall–Kier alpha value is -0.610. The number of thioether (sulfide) groups is 1. The van der Waals surface area contributed by atoms with Crippen molar-refractivity contribution in [3.8, 4) is 0 Å². The first kappa shape index (κ1) is 8.97. The van der Waals surface area contributed by atoms with Crippen molar-refractivity contribution in [2.24, 2.45) is 5.73 Å². The van der Waals surface area contributed by atoms with E-state index >= 15 is 0 Å². The molecule has 1 aliphatic rings. The first-order chi connectivity index (χ1) is 6.40. The number of hydrogen-bond acceptors (Lipinski definition) is 4. The monoisotopic (exact) mass is 195 g/mol. The van der Waals surface area contributed by atoms with Crippen molar-refractivity contribution >= 4 is 11.8 Å². The van der Waals surface area contributed by atoms with E-state index in [1.165, 1.54) is 18.6 Å². The topological polar surface area (TPSA) is 51.8 Å². The van der Waals surface area contributed by atoms with Gasteiger partial charge in [-0.2, -0.15) is 11.8 Å². The third kappa shape index (κ3) is 2.00. The molecule has 3 nitrogen and oxygen atoms in total. The second-order valence-corrected chi connectivity index (χ2v) is 4.42. The molecule has 2 heterocycles. The lowest BCUT2D eigenvalue weighted by Crippen LogP contribution is -2.04. The van der Waals surface area contributed by atoms with Crippen molar-refractivity contribution in [3.63, 3.8) is 0 Å². The van der Waals surface area contributed by atoms with Crippen molar-refractivity contribution in [3.05, 3.63) is 23.8 Å². The highest BCUT2D eigenvalue weighted by atomic mass is 32.2. The van der Waals surface area contributed by atoms with E-state index in [2.05, 4.69) is 9.97 Å². The minimum absolute atomic E-state index is 0.506. The maximum absolute atomic E-state index is 5.52. The summed E-state index contributed by atoms with van der Waals surface area (Å²) in [6.07, 6.45) is 4.30. The molecule has 0 spiro atoms. The molecule has 1 aromatic rings. The van der Waals surface area contributed by atoms with Gasteiger partial charge in [-0.15, -0.1) is 0 Å². The van der Waals surface area contributed by atoms with Crippen molar-refractivity contribution in [2.75, 3.05) is 5.75 Å². The average Bonchev–Trinajstić information content (AvgIpc) is 2.71. The predicted octanol–water partition coefficient (Wildman–Crippen LogP) is 1.50. The molecular weight excluding hydrogens is 182 g/mol. The molecule has 1 aliphatic heterocycles. The van der Waals surface area contributed by atoms with Crippen LogP contribution in [0.2, 0.25) is 0 Å². The van der Waals surface area contributed by atoms with Crippen molar-refractivity contribution in [1.29, 1.82) is 0 Å². The Morgan fingerprint density at radius 1 is 1.62 bits per heavy atom. The molecule has 0 aromatic carbocycles. The van der Waals surface area contributed by atoms with Gasteiger partial charge in [-0.3, -0.25) is 0 Å². The maximum atomic E-state index is 5.52. The van der Waals surface area contributed by atoms with Gasteiger partial charge >= 0.3 is 0 Å². The average molecular weight is 195 g/mol. The van der Waals surface area contributed by atoms with Gasteiger partial charge in [-0.1, -0.05) is 0 Å². The number of nitrogens with zero attached hydrogens (tertiary/aromatic N) is 2. The Balaban J connectivity index is 2.18. The zero-order valence-corrected chi connectivity index (χ0v) is 8.26. The van der Waals surface area contributed by atoms with Crippen LogP contribution in [-0.2, 0) is 6.54 Å². The molecule has 1 saturated heterocycles. The van der Waals surface area contributed by atoms with Gasteiger partial charge in [0.15, 0.2) is 0 Å². The zero-order chi connectivity index (χ0) is 9.10. The third-order valence-corrected chi connectivity index (χ3v) is 3.53. The highest BCUT2D eigenvalue weighted by molar-refractivity contribution is 7.99. The Kier molecular flexibility index (Phi) is 2.80. The van der Waals surface area contributed by atoms with E-state index in [9.17, 15) is 0 Å². The molecule has 2 N–H and O–H groups in total. The normalized spacial score (nSPS) is 22.1. The standard InChI is InChI=1S/C9H13N3S/c10-6-7-3-4-11-9(12-7)8-2-1-5-13-8/h3-4,8H,1-2,5-6,10H2. The number of aromatic nitrogens is 2. The lowest BCUT2D eigenvalue weighted by Gasteiger charge is -2.06. The lowest BCUT2D eigenvalue weighted by molar-refractivity contribution is 0.763. The van der Waals surface area contributed by atoms with Gasteiger partial charge in [0.2, 0.25) is 0 Å². The first-order valence-corrected chi connectivity index (χ1v) is 5.58. The van der Waals surface area contributed by atoms with Crippen molar-refractivity contribution in [2.45, 2.75) is 24.6 Å². The minimum Gasteiger partial charge on any atom is -0.325 e. The molecule has 1 atom stereocenters. The SMILES string of the molecule is NCc1ccnc(C2CCCS2)n1. The zero-order valence-electron chi connectivity index (χ0n) is 7.44. The Bertz CT molecular complexity index is 284. The molecule has 0 aliphatic carbocycles. The van der Waals surface area contributed by atoms with E-state index in [1.54, 1.807) is 0 Å². The number of hydrogen-bond donors (Lipinski definition) is 1. The van der Waals surface area contributed by atoms with Crippen LogP contribution in [0.1, 0.15) is 29.6 Å². The van der Waals surface area contributed by atoms with Gasteiger partial charge in [0.05, 0.1) is 10.9 Å². The summed E-state index contributed by atoms with van der Waals surface area (Å²) in [5.74, 6) is 2.20. The van der Waals surface area contributed by atoms with Crippen molar-refractivity contribution in [1.82, 2.24) is 9.97 Å². The van der Waals surface area contributed by atoms with Crippen LogP contribution in [0.25, 0.3) is 0 Å². The van der Waals surface area contributed by atoms with Crippen LogP contribution >= 0.6 is 11.8 Å². The van der Waals surface area contributed by atoms with E-state index in [1.807, 2.05) is 24.0 Å². The summed E-state index contributed by atoms with van der Waals surface area (Å²) in [5, 5.41) is 0.506. The van der Waals surface area contributed by atoms with Gasteiger partial charge in [-0.05, 0) is 24.7 Å². The minimum atomic E-state index is 0.506. The summed E-state index contributed by atoms with van der Waals surface area (Å²) < 4.78 is 0. The van der Waals surface area contributed by atoms with E-state index in [0.717, 1.165) is 11.5 Å². The van der Waals surface area contributed by atoms with Gasteiger partial charge < -0.3 is 5.73 Å². The number of rotatable bonds is 2. The van der Waals surface area contributed by atoms with E-state index < -0.39 is 0 Å². The van der Waals surface area contributed by atoms with Gasteiger partial charge in [0.25, 0.3) is 0 Å². The Morgan fingerprint density at radius 2 is 2.54 bits per heavy atom. The molecule has 4 heteroatoms. The molecule has 1 fully saturated rings. The molecule has 0 amide bonds. The molecule has 13 heavy (non-hydrogen) atoms. The van der Waals surface area contributed by atoms with Crippen LogP contribution in [0.3, 0.4) is 0 Å². The molecule has 1 aromatic heterocycles. The van der Waals surface area contributed by atoms with E-state index in [4.69, 9.17) is 5.73 Å². The maximum Gasteiger partial charge on any atom is 0.141 e. The van der Waals surface area contributed by atoms with Gasteiger partial charge in [0.1, 0.15) is 5.82 Å². The predicted molar refractivity (Wildman–Crippen MR) is 54.4 cm³/mol. The molecular formula is C9H13N3S. The van der Waals surface area contributed by atoms with Crippen LogP contribution in [0.15, 0.2) is 12.3 Å². The summed E-state index contributed by atoms with van der Waals surface area (Å²) in [6, 6.07) is 1.88. The van der Waals surface area contributed by atoms with Crippen LogP contribution in [0.4, 0.5) is 0 Å². The van der Waals surface area contributed by atoms with Crippen molar-refractivity contribution < 1.29 is 0 Å². The molecule has 0 bridgehead atoms. The number of nitrogens with two attached hydrogens (primary N) is 1. The highest BCUT2D eigenvalue weighted by Crippen LogP contribution is 2.37. The van der Waals surface area contributed by atoms with Crippen LogP contribution < -0.4 is 5.73 Å². The fourth-order valence-electron chi connectivity index (χ4n) is 1.46. The fraction of sp³-hybridized carbons (Fsp3) is 0.556.